The van der Waals surface area contributed by atoms with Gasteiger partial charge in [-0.15, -0.1) is 0 Å². The third kappa shape index (κ3) is 3.35. The molecule has 3 heteroatoms. The third-order valence-electron chi connectivity index (χ3n) is 4.65. The molecule has 0 aliphatic heterocycles. The van der Waals surface area contributed by atoms with Crippen LogP contribution in [-0.2, 0) is 0 Å². The first-order valence-corrected chi connectivity index (χ1v) is 8.02. The van der Waals surface area contributed by atoms with E-state index in [9.17, 15) is 4.39 Å². The Hall–Kier alpha value is -0.600. The van der Waals surface area contributed by atoms with Crippen LogP contribution in [0.2, 0.25) is 5.02 Å². The molecule has 2 atom stereocenters. The second kappa shape index (κ2) is 6.44. The first-order chi connectivity index (χ1) is 9.45. The molecule has 0 bridgehead atoms. The number of nitrogens with one attached hydrogen (secondary N) is 1. The van der Waals surface area contributed by atoms with Crippen molar-refractivity contribution in [1.29, 1.82) is 0 Å². The first-order valence-electron chi connectivity index (χ1n) is 7.64. The molecule has 2 unspecified atom stereocenters. The summed E-state index contributed by atoms with van der Waals surface area (Å²) in [6, 6.07) is 4.86. The van der Waals surface area contributed by atoms with E-state index >= 15 is 0 Å². The topological polar surface area (TPSA) is 12.0 Å². The largest absolute Gasteiger partial charge is 0.310 e. The molecular weight excluding hydrogens is 273 g/mol. The lowest BCUT2D eigenvalue weighted by molar-refractivity contribution is 0.197. The van der Waals surface area contributed by atoms with E-state index in [4.69, 9.17) is 11.6 Å². The molecule has 0 spiro atoms. The average molecular weight is 298 g/mol. The molecule has 0 saturated heterocycles. The van der Waals surface area contributed by atoms with E-state index in [-0.39, 0.29) is 17.3 Å². The van der Waals surface area contributed by atoms with Gasteiger partial charge in [0.15, 0.2) is 0 Å². The zero-order chi connectivity index (χ0) is 14.8. The van der Waals surface area contributed by atoms with Crippen molar-refractivity contribution < 1.29 is 4.39 Å². The molecule has 112 valence electrons. The summed E-state index contributed by atoms with van der Waals surface area (Å²) in [5.41, 5.74) is 1.20. The highest BCUT2D eigenvalue weighted by Gasteiger charge is 2.40. The summed E-state index contributed by atoms with van der Waals surface area (Å²) >= 11 is 6.33. The van der Waals surface area contributed by atoms with Gasteiger partial charge in [0.05, 0.1) is 0 Å². The molecule has 1 aliphatic rings. The van der Waals surface area contributed by atoms with E-state index in [1.807, 2.05) is 0 Å². The van der Waals surface area contributed by atoms with Crippen LogP contribution in [-0.4, -0.2) is 6.54 Å². The van der Waals surface area contributed by atoms with Crippen LogP contribution in [0.3, 0.4) is 0 Å². The molecule has 1 fully saturated rings. The van der Waals surface area contributed by atoms with Gasteiger partial charge in [-0.25, -0.2) is 4.39 Å². The van der Waals surface area contributed by atoms with Crippen molar-refractivity contribution >= 4 is 11.6 Å². The Morgan fingerprint density at radius 3 is 2.80 bits per heavy atom. The van der Waals surface area contributed by atoms with Gasteiger partial charge in [-0.05, 0) is 60.9 Å². The fourth-order valence-corrected chi connectivity index (χ4v) is 3.73. The molecule has 0 aromatic heterocycles. The lowest BCUT2D eigenvalue weighted by Crippen LogP contribution is -2.34. The third-order valence-corrected chi connectivity index (χ3v) is 4.99. The molecule has 1 N–H and O–H groups in total. The van der Waals surface area contributed by atoms with Crippen molar-refractivity contribution in [2.75, 3.05) is 6.54 Å². The van der Waals surface area contributed by atoms with Crippen LogP contribution in [0.15, 0.2) is 18.2 Å². The Morgan fingerprint density at radius 1 is 1.45 bits per heavy atom. The van der Waals surface area contributed by atoms with Crippen LogP contribution in [0.4, 0.5) is 4.39 Å². The SMILES string of the molecule is CCCNC(c1cc(F)ccc1Cl)C1CCCC1(C)C. The number of benzene rings is 1. The second-order valence-electron chi connectivity index (χ2n) is 6.58. The van der Waals surface area contributed by atoms with Crippen molar-refractivity contribution in [2.45, 2.75) is 52.5 Å². The Balaban J connectivity index is 2.34. The highest BCUT2D eigenvalue weighted by atomic mass is 35.5. The molecule has 0 amide bonds. The fourth-order valence-electron chi connectivity index (χ4n) is 3.49. The van der Waals surface area contributed by atoms with Crippen LogP contribution in [0, 0.1) is 17.2 Å². The van der Waals surface area contributed by atoms with Crippen molar-refractivity contribution in [2.24, 2.45) is 11.3 Å². The number of rotatable bonds is 5. The standard InChI is InChI=1S/C17H25ClFN/c1-4-10-20-16(14-6-5-9-17(14,2)3)13-11-12(19)7-8-15(13)18/h7-8,11,14,16,20H,4-6,9-10H2,1-3H3. The summed E-state index contributed by atoms with van der Waals surface area (Å²) in [7, 11) is 0. The maximum Gasteiger partial charge on any atom is 0.123 e. The molecule has 0 heterocycles. The normalized spacial score (nSPS) is 22.9. The number of hydrogen-bond donors (Lipinski definition) is 1. The van der Waals surface area contributed by atoms with E-state index in [2.05, 4.69) is 26.1 Å². The van der Waals surface area contributed by atoms with E-state index in [0.29, 0.717) is 10.9 Å². The van der Waals surface area contributed by atoms with Gasteiger partial charge in [0.2, 0.25) is 0 Å². The lowest BCUT2D eigenvalue weighted by Gasteiger charge is -2.35. The molecule has 0 radical (unpaired) electrons. The van der Waals surface area contributed by atoms with E-state index < -0.39 is 0 Å². The zero-order valence-electron chi connectivity index (χ0n) is 12.7. The monoisotopic (exact) mass is 297 g/mol. The Labute approximate surface area is 126 Å². The summed E-state index contributed by atoms with van der Waals surface area (Å²) in [6.45, 7) is 7.72. The fraction of sp³-hybridized carbons (Fsp3) is 0.647. The molecule has 1 aromatic rings. The maximum atomic E-state index is 13.6. The smallest absolute Gasteiger partial charge is 0.123 e. The Morgan fingerprint density at radius 2 is 2.20 bits per heavy atom. The average Bonchev–Trinajstić information content (AvgIpc) is 2.74. The number of hydrogen-bond acceptors (Lipinski definition) is 1. The van der Waals surface area contributed by atoms with Gasteiger partial charge < -0.3 is 5.32 Å². The summed E-state index contributed by atoms with van der Waals surface area (Å²) in [5, 5.41) is 4.27. The predicted octanol–water partition coefficient (Wildman–Crippen LogP) is 5.35. The van der Waals surface area contributed by atoms with E-state index in [0.717, 1.165) is 18.5 Å². The van der Waals surface area contributed by atoms with Gasteiger partial charge >= 0.3 is 0 Å². The van der Waals surface area contributed by atoms with Crippen LogP contribution in [0.1, 0.15) is 58.1 Å². The van der Waals surface area contributed by atoms with Crippen LogP contribution >= 0.6 is 11.6 Å². The first kappa shape index (κ1) is 15.8. The lowest BCUT2D eigenvalue weighted by atomic mass is 9.75. The summed E-state index contributed by atoms with van der Waals surface area (Å²) in [5.74, 6) is 0.303. The predicted molar refractivity (Wildman–Crippen MR) is 83.6 cm³/mol. The van der Waals surface area contributed by atoms with Crippen molar-refractivity contribution in [3.63, 3.8) is 0 Å². The van der Waals surface area contributed by atoms with Crippen molar-refractivity contribution in [1.82, 2.24) is 5.32 Å². The molecule has 1 aliphatic carbocycles. The highest BCUT2D eigenvalue weighted by molar-refractivity contribution is 6.31. The molecule has 1 aromatic carbocycles. The van der Waals surface area contributed by atoms with E-state index in [1.54, 1.807) is 12.1 Å². The minimum atomic E-state index is -0.205. The Bertz CT molecular complexity index is 458. The second-order valence-corrected chi connectivity index (χ2v) is 6.99. The van der Waals surface area contributed by atoms with Crippen LogP contribution in [0.5, 0.6) is 0 Å². The summed E-state index contributed by atoms with van der Waals surface area (Å²) in [4.78, 5) is 0. The maximum absolute atomic E-state index is 13.6. The van der Waals surface area contributed by atoms with Gasteiger partial charge in [-0.2, -0.15) is 0 Å². The molecule has 1 nitrogen and oxygen atoms in total. The Kier molecular flexibility index (Phi) is 5.09. The molecule has 2 rings (SSSR count). The minimum absolute atomic E-state index is 0.149. The van der Waals surface area contributed by atoms with Gasteiger partial charge in [-0.3, -0.25) is 0 Å². The van der Waals surface area contributed by atoms with Crippen LogP contribution in [0.25, 0.3) is 0 Å². The van der Waals surface area contributed by atoms with Gasteiger partial charge in [0.1, 0.15) is 5.82 Å². The van der Waals surface area contributed by atoms with Crippen molar-refractivity contribution in [3.05, 3.63) is 34.6 Å². The molecule has 1 saturated carbocycles. The quantitative estimate of drug-likeness (QED) is 0.773. The van der Waals surface area contributed by atoms with Gasteiger partial charge in [-0.1, -0.05) is 38.8 Å². The van der Waals surface area contributed by atoms with E-state index in [1.165, 1.54) is 25.3 Å². The zero-order valence-corrected chi connectivity index (χ0v) is 13.4. The molecule has 20 heavy (non-hydrogen) atoms. The van der Waals surface area contributed by atoms with Crippen molar-refractivity contribution in [3.8, 4) is 0 Å². The summed E-state index contributed by atoms with van der Waals surface area (Å²) in [6.07, 6.45) is 4.72. The minimum Gasteiger partial charge on any atom is -0.310 e. The molecular formula is C17H25ClFN. The van der Waals surface area contributed by atoms with Crippen LogP contribution < -0.4 is 5.32 Å². The highest BCUT2D eigenvalue weighted by Crippen LogP contribution is 2.49. The number of halogens is 2. The van der Waals surface area contributed by atoms with Gasteiger partial charge in [0.25, 0.3) is 0 Å². The van der Waals surface area contributed by atoms with Gasteiger partial charge in [0, 0.05) is 11.1 Å². The summed E-state index contributed by atoms with van der Waals surface area (Å²) < 4.78 is 13.6.